The summed E-state index contributed by atoms with van der Waals surface area (Å²) in [6, 6.07) is 1.51. The van der Waals surface area contributed by atoms with Crippen LogP contribution in [0.4, 0.5) is 0 Å². The van der Waals surface area contributed by atoms with Crippen LogP contribution in [0, 0.1) is 23.7 Å². The predicted molar refractivity (Wildman–Crippen MR) is 112 cm³/mol. The first-order valence-electron chi connectivity index (χ1n) is 9.35. The Labute approximate surface area is 183 Å². The minimum Gasteiger partial charge on any atom is -0.478 e. The molecule has 158 valence electrons. The summed E-state index contributed by atoms with van der Waals surface area (Å²) in [6.07, 6.45) is 8.91. The maximum absolute atomic E-state index is 12.1. The third kappa shape index (κ3) is 3.17. The van der Waals surface area contributed by atoms with Gasteiger partial charge in [-0.15, -0.1) is 12.3 Å². The van der Waals surface area contributed by atoms with Crippen molar-refractivity contribution in [2.24, 2.45) is 11.3 Å². The summed E-state index contributed by atoms with van der Waals surface area (Å²) in [6.45, 7) is 2.86. The standard InChI is InChI=1S/C22H20Cl2O6/c1-4-6-21-7-5-13(25)9-14(21)16-12(10-21)8-15(17(23)18(16)24)30-22(11(2)3,19(26)27)20(28)29/h1,8-9,11H,5-7,10H2,2-3H3,(H,26,27)(H,28,29). The maximum Gasteiger partial charge on any atom is 0.360 e. The molecule has 8 heteroatoms. The molecule has 0 saturated carbocycles. The number of benzene rings is 1. The van der Waals surface area contributed by atoms with E-state index in [0.29, 0.717) is 36.8 Å². The molecule has 0 aromatic heterocycles. The Kier molecular flexibility index (Phi) is 5.66. The van der Waals surface area contributed by atoms with Gasteiger partial charge in [0, 0.05) is 29.7 Å². The van der Waals surface area contributed by atoms with Crippen LogP contribution < -0.4 is 4.74 Å². The zero-order valence-electron chi connectivity index (χ0n) is 16.4. The monoisotopic (exact) mass is 450 g/mol. The molecule has 1 atom stereocenters. The number of carbonyl (C=O) groups excluding carboxylic acids is 1. The van der Waals surface area contributed by atoms with E-state index < -0.39 is 28.9 Å². The highest BCUT2D eigenvalue weighted by Gasteiger charge is 2.53. The van der Waals surface area contributed by atoms with Gasteiger partial charge in [0.2, 0.25) is 0 Å². The number of carboxylic acid groups (broad SMARTS) is 2. The van der Waals surface area contributed by atoms with Crippen molar-refractivity contribution in [1.82, 2.24) is 0 Å². The topological polar surface area (TPSA) is 101 Å². The van der Waals surface area contributed by atoms with E-state index in [2.05, 4.69) is 5.92 Å². The van der Waals surface area contributed by atoms with Gasteiger partial charge in [-0.1, -0.05) is 37.0 Å². The van der Waals surface area contributed by atoms with E-state index in [0.717, 1.165) is 5.57 Å². The van der Waals surface area contributed by atoms with Gasteiger partial charge in [-0.2, -0.15) is 0 Å². The third-order valence-electron chi connectivity index (χ3n) is 5.94. The molecule has 0 amide bonds. The molecule has 6 nitrogen and oxygen atoms in total. The smallest absolute Gasteiger partial charge is 0.360 e. The fourth-order valence-corrected chi connectivity index (χ4v) is 4.84. The van der Waals surface area contributed by atoms with Gasteiger partial charge in [-0.25, -0.2) is 9.59 Å². The molecule has 30 heavy (non-hydrogen) atoms. The molecule has 2 aliphatic rings. The molecule has 3 rings (SSSR count). The Bertz CT molecular complexity index is 1020. The van der Waals surface area contributed by atoms with Crippen LogP contribution in [0.1, 0.15) is 44.2 Å². The van der Waals surface area contributed by atoms with E-state index in [1.807, 2.05) is 0 Å². The number of carboxylic acids is 2. The summed E-state index contributed by atoms with van der Waals surface area (Å²) in [4.78, 5) is 35.8. The number of hydrogen-bond donors (Lipinski definition) is 2. The Morgan fingerprint density at radius 2 is 1.93 bits per heavy atom. The summed E-state index contributed by atoms with van der Waals surface area (Å²) < 4.78 is 5.55. The van der Waals surface area contributed by atoms with Gasteiger partial charge in [0.1, 0.15) is 10.8 Å². The van der Waals surface area contributed by atoms with Gasteiger partial charge in [0.05, 0.1) is 5.02 Å². The SMILES string of the molecule is C#CCC12CCC(=O)C=C1c1c(cc(OC(C(=O)O)(C(=O)O)C(C)C)c(Cl)c1Cl)C2. The molecule has 0 saturated heterocycles. The maximum atomic E-state index is 12.1. The van der Waals surface area contributed by atoms with Crippen molar-refractivity contribution in [1.29, 1.82) is 0 Å². The zero-order valence-corrected chi connectivity index (χ0v) is 17.9. The lowest BCUT2D eigenvalue weighted by atomic mass is 9.70. The molecule has 0 heterocycles. The van der Waals surface area contributed by atoms with E-state index in [1.165, 1.54) is 19.9 Å². The number of ether oxygens (including phenoxy) is 1. The molecule has 0 spiro atoms. The lowest BCUT2D eigenvalue weighted by molar-refractivity contribution is -0.177. The number of allylic oxidation sites excluding steroid dienone is 2. The van der Waals surface area contributed by atoms with Crippen molar-refractivity contribution in [2.45, 2.75) is 45.1 Å². The number of fused-ring (bicyclic) bond motifs is 3. The minimum atomic E-state index is -2.54. The van der Waals surface area contributed by atoms with E-state index >= 15 is 0 Å². The van der Waals surface area contributed by atoms with Crippen LogP contribution in [-0.4, -0.2) is 33.5 Å². The van der Waals surface area contributed by atoms with E-state index in [9.17, 15) is 24.6 Å². The van der Waals surface area contributed by atoms with Crippen LogP contribution in [0.3, 0.4) is 0 Å². The Morgan fingerprint density at radius 1 is 1.30 bits per heavy atom. The number of carbonyl (C=O) groups is 3. The summed E-state index contributed by atoms with van der Waals surface area (Å²) in [5, 5.41) is 19.2. The number of halogens is 2. The van der Waals surface area contributed by atoms with Crippen molar-refractivity contribution in [2.75, 3.05) is 0 Å². The molecule has 0 fully saturated rings. The number of ketones is 1. The lowest BCUT2D eigenvalue weighted by Crippen LogP contribution is -2.56. The average Bonchev–Trinajstić information content (AvgIpc) is 2.96. The molecule has 1 aromatic rings. The van der Waals surface area contributed by atoms with Crippen molar-refractivity contribution in [3.8, 4) is 18.1 Å². The molecule has 0 aliphatic heterocycles. The average molecular weight is 451 g/mol. The molecule has 0 bridgehead atoms. The Hall–Kier alpha value is -2.49. The number of rotatable bonds is 6. The number of terminal acetylenes is 1. The Balaban J connectivity index is 2.18. The fraction of sp³-hybridized carbons (Fsp3) is 0.409. The first-order valence-corrected chi connectivity index (χ1v) is 10.1. The number of hydrogen-bond acceptors (Lipinski definition) is 4. The third-order valence-corrected chi connectivity index (χ3v) is 6.79. The van der Waals surface area contributed by atoms with Gasteiger partial charge < -0.3 is 14.9 Å². The zero-order chi connectivity index (χ0) is 22.4. The van der Waals surface area contributed by atoms with E-state index in [4.69, 9.17) is 34.4 Å². The van der Waals surface area contributed by atoms with Crippen LogP contribution in [0.15, 0.2) is 12.1 Å². The van der Waals surface area contributed by atoms with Gasteiger partial charge >= 0.3 is 17.5 Å². The normalized spacial score (nSPS) is 20.3. The molecular formula is C22H20Cl2O6. The van der Waals surface area contributed by atoms with Gasteiger partial charge in [-0.3, -0.25) is 4.79 Å². The number of aliphatic carboxylic acids is 2. The second kappa shape index (κ2) is 7.64. The van der Waals surface area contributed by atoms with Crippen LogP contribution >= 0.6 is 23.2 Å². The summed E-state index contributed by atoms with van der Waals surface area (Å²) in [5.74, 6) is -1.72. The van der Waals surface area contributed by atoms with Gasteiger partial charge in [0.15, 0.2) is 5.78 Å². The largest absolute Gasteiger partial charge is 0.478 e. The Morgan fingerprint density at radius 3 is 2.47 bits per heavy atom. The van der Waals surface area contributed by atoms with E-state index in [1.54, 1.807) is 6.08 Å². The summed E-state index contributed by atoms with van der Waals surface area (Å²) in [5.41, 5.74) is -1.03. The van der Waals surface area contributed by atoms with Crippen molar-refractivity contribution in [3.63, 3.8) is 0 Å². The lowest BCUT2D eigenvalue weighted by Gasteiger charge is -2.32. The van der Waals surface area contributed by atoms with Crippen LogP contribution in [-0.2, 0) is 20.8 Å². The first-order chi connectivity index (χ1) is 14.0. The van der Waals surface area contributed by atoms with Gasteiger partial charge in [-0.05, 0) is 36.1 Å². The van der Waals surface area contributed by atoms with Crippen molar-refractivity contribution in [3.05, 3.63) is 33.3 Å². The predicted octanol–water partition coefficient (Wildman–Crippen LogP) is 4.25. The molecule has 2 N–H and O–H groups in total. The summed E-state index contributed by atoms with van der Waals surface area (Å²) >= 11 is 12.9. The molecule has 2 aliphatic carbocycles. The second-order valence-electron chi connectivity index (χ2n) is 8.00. The highest BCUT2D eigenvalue weighted by atomic mass is 35.5. The van der Waals surface area contributed by atoms with Crippen molar-refractivity contribution >= 4 is 46.5 Å². The first kappa shape index (κ1) is 22.2. The fourth-order valence-electron chi connectivity index (χ4n) is 4.33. The van der Waals surface area contributed by atoms with E-state index in [-0.39, 0.29) is 21.6 Å². The molecule has 0 radical (unpaired) electrons. The van der Waals surface area contributed by atoms with Crippen molar-refractivity contribution < 1.29 is 29.3 Å². The quantitative estimate of drug-likeness (QED) is 0.496. The molecule has 1 unspecified atom stereocenters. The van der Waals surface area contributed by atoms with Crippen LogP contribution in [0.2, 0.25) is 10.0 Å². The molecular weight excluding hydrogens is 431 g/mol. The van der Waals surface area contributed by atoms with Gasteiger partial charge in [0.25, 0.3) is 0 Å². The highest BCUT2D eigenvalue weighted by molar-refractivity contribution is 6.44. The minimum absolute atomic E-state index is 0.0337. The summed E-state index contributed by atoms with van der Waals surface area (Å²) in [7, 11) is 0. The second-order valence-corrected chi connectivity index (χ2v) is 8.76. The van der Waals surface area contributed by atoms with Crippen LogP contribution in [0.25, 0.3) is 5.57 Å². The molecule has 1 aromatic carbocycles. The van der Waals surface area contributed by atoms with Crippen LogP contribution in [0.5, 0.6) is 5.75 Å². The highest BCUT2D eigenvalue weighted by Crippen LogP contribution is 2.57.